The molecule has 84 valence electrons. The van der Waals surface area contributed by atoms with Crippen LogP contribution >= 0.6 is 0 Å². The Labute approximate surface area is 92.1 Å². The van der Waals surface area contributed by atoms with Gasteiger partial charge < -0.3 is 5.73 Å². The van der Waals surface area contributed by atoms with Crippen LogP contribution in [0.15, 0.2) is 6.07 Å². The van der Waals surface area contributed by atoms with Crippen molar-refractivity contribution in [1.29, 1.82) is 0 Å². The molecule has 3 nitrogen and oxygen atoms in total. The average Bonchev–Trinajstić information content (AvgIpc) is 2.23. The van der Waals surface area contributed by atoms with Crippen molar-refractivity contribution in [2.45, 2.75) is 46.6 Å². The van der Waals surface area contributed by atoms with Crippen molar-refractivity contribution in [3.05, 3.63) is 23.0 Å². The number of nitrogens with zero attached hydrogens (tertiary/aromatic N) is 2. The molecule has 2 N–H and O–H groups in total. The predicted octanol–water partition coefficient (Wildman–Crippen LogP) is 2.53. The van der Waals surface area contributed by atoms with Gasteiger partial charge in [0.1, 0.15) is 0 Å². The van der Waals surface area contributed by atoms with E-state index in [-0.39, 0.29) is 6.04 Å². The normalized spacial score (nSPS) is 13.2. The zero-order chi connectivity index (χ0) is 11.4. The highest BCUT2D eigenvalue weighted by molar-refractivity contribution is 5.23. The molecular weight excluding hydrogens is 186 g/mol. The molecule has 1 aromatic rings. The lowest BCUT2D eigenvalue weighted by Gasteiger charge is -2.22. The van der Waals surface area contributed by atoms with E-state index in [0.29, 0.717) is 5.92 Å². The van der Waals surface area contributed by atoms with Crippen molar-refractivity contribution in [1.82, 2.24) is 10.2 Å². The fourth-order valence-corrected chi connectivity index (χ4v) is 1.96. The van der Waals surface area contributed by atoms with Gasteiger partial charge in [-0.3, -0.25) is 0 Å². The van der Waals surface area contributed by atoms with E-state index < -0.39 is 0 Å². The summed E-state index contributed by atoms with van der Waals surface area (Å²) in [6.07, 6.45) is 2.22. The van der Waals surface area contributed by atoms with E-state index in [4.69, 9.17) is 5.73 Å². The summed E-state index contributed by atoms with van der Waals surface area (Å²) in [7, 11) is 0. The van der Waals surface area contributed by atoms with Gasteiger partial charge in [0.2, 0.25) is 0 Å². The fourth-order valence-electron chi connectivity index (χ4n) is 1.96. The highest BCUT2D eigenvalue weighted by Gasteiger charge is 2.18. The summed E-state index contributed by atoms with van der Waals surface area (Å²) in [5, 5.41) is 8.15. The third-order valence-corrected chi connectivity index (χ3v) is 3.06. The first-order valence-corrected chi connectivity index (χ1v) is 5.66. The van der Waals surface area contributed by atoms with Crippen molar-refractivity contribution in [2.24, 2.45) is 11.7 Å². The lowest BCUT2D eigenvalue weighted by Crippen LogP contribution is -2.22. The van der Waals surface area contributed by atoms with Crippen molar-refractivity contribution < 1.29 is 0 Å². The molecule has 1 heterocycles. The monoisotopic (exact) mass is 207 g/mol. The third kappa shape index (κ3) is 2.75. The van der Waals surface area contributed by atoms with Crippen LogP contribution in [-0.4, -0.2) is 10.2 Å². The highest BCUT2D eigenvalue weighted by atomic mass is 15.1. The number of hydrogen-bond donors (Lipinski definition) is 1. The van der Waals surface area contributed by atoms with E-state index in [1.807, 2.05) is 13.8 Å². The quantitative estimate of drug-likeness (QED) is 0.825. The molecule has 3 heteroatoms. The number of rotatable bonds is 4. The van der Waals surface area contributed by atoms with Gasteiger partial charge in [-0.2, -0.15) is 10.2 Å². The van der Waals surface area contributed by atoms with Gasteiger partial charge in [0.25, 0.3) is 0 Å². The maximum absolute atomic E-state index is 6.26. The molecule has 15 heavy (non-hydrogen) atoms. The number of aromatic nitrogens is 2. The summed E-state index contributed by atoms with van der Waals surface area (Å²) in [6, 6.07) is 2.15. The summed E-state index contributed by atoms with van der Waals surface area (Å²) < 4.78 is 0. The van der Waals surface area contributed by atoms with Crippen LogP contribution in [0.2, 0.25) is 0 Å². The Morgan fingerprint density at radius 3 is 2.33 bits per heavy atom. The molecule has 0 aliphatic carbocycles. The van der Waals surface area contributed by atoms with E-state index >= 15 is 0 Å². The van der Waals surface area contributed by atoms with Crippen molar-refractivity contribution in [3.63, 3.8) is 0 Å². The molecule has 0 radical (unpaired) electrons. The Hall–Kier alpha value is -0.960. The van der Waals surface area contributed by atoms with Gasteiger partial charge in [-0.1, -0.05) is 26.7 Å². The molecule has 0 saturated carbocycles. The highest BCUT2D eigenvalue weighted by Crippen LogP contribution is 2.26. The Morgan fingerprint density at radius 2 is 1.80 bits per heavy atom. The minimum Gasteiger partial charge on any atom is -0.324 e. The lowest BCUT2D eigenvalue weighted by molar-refractivity contribution is 0.402. The third-order valence-electron chi connectivity index (χ3n) is 3.06. The van der Waals surface area contributed by atoms with Gasteiger partial charge in [0, 0.05) is 6.04 Å². The second-order valence-corrected chi connectivity index (χ2v) is 4.13. The first-order valence-electron chi connectivity index (χ1n) is 5.66. The van der Waals surface area contributed by atoms with E-state index in [0.717, 1.165) is 29.8 Å². The van der Waals surface area contributed by atoms with Gasteiger partial charge >= 0.3 is 0 Å². The Morgan fingerprint density at radius 1 is 1.20 bits per heavy atom. The van der Waals surface area contributed by atoms with E-state index in [9.17, 15) is 0 Å². The predicted molar refractivity (Wildman–Crippen MR) is 62.5 cm³/mol. The number of nitrogens with two attached hydrogens (primary N) is 1. The van der Waals surface area contributed by atoms with Crippen LogP contribution in [0.5, 0.6) is 0 Å². The van der Waals surface area contributed by atoms with Crippen molar-refractivity contribution in [3.8, 4) is 0 Å². The first-order chi connectivity index (χ1) is 7.10. The molecule has 1 rings (SSSR count). The molecular formula is C12H21N3. The van der Waals surface area contributed by atoms with Gasteiger partial charge in [-0.05, 0) is 31.4 Å². The van der Waals surface area contributed by atoms with Crippen molar-refractivity contribution >= 4 is 0 Å². The summed E-state index contributed by atoms with van der Waals surface area (Å²) in [6.45, 7) is 8.30. The first kappa shape index (κ1) is 12.1. The van der Waals surface area contributed by atoms with Crippen LogP contribution < -0.4 is 5.73 Å². The topological polar surface area (TPSA) is 51.8 Å². The van der Waals surface area contributed by atoms with Crippen LogP contribution in [-0.2, 0) is 0 Å². The maximum Gasteiger partial charge on any atom is 0.0648 e. The van der Waals surface area contributed by atoms with Crippen LogP contribution in [0.1, 0.15) is 49.7 Å². The molecule has 0 amide bonds. The lowest BCUT2D eigenvalue weighted by atomic mass is 9.89. The molecule has 1 atom stereocenters. The van der Waals surface area contributed by atoms with Crippen LogP contribution in [0.4, 0.5) is 0 Å². The zero-order valence-electron chi connectivity index (χ0n) is 10.1. The van der Waals surface area contributed by atoms with Crippen LogP contribution in [0, 0.1) is 19.8 Å². The average molecular weight is 207 g/mol. The van der Waals surface area contributed by atoms with Gasteiger partial charge in [-0.25, -0.2) is 0 Å². The molecule has 0 saturated heterocycles. The van der Waals surface area contributed by atoms with E-state index in [1.165, 1.54) is 0 Å². The van der Waals surface area contributed by atoms with Crippen molar-refractivity contribution in [2.75, 3.05) is 0 Å². The van der Waals surface area contributed by atoms with E-state index in [2.05, 4.69) is 30.1 Å². The summed E-state index contributed by atoms with van der Waals surface area (Å²) in [5.74, 6) is 0.535. The van der Waals surface area contributed by atoms with Gasteiger partial charge in [0.05, 0.1) is 11.4 Å². The Kier molecular flexibility index (Phi) is 4.21. The summed E-state index contributed by atoms with van der Waals surface area (Å²) >= 11 is 0. The van der Waals surface area contributed by atoms with Crippen LogP contribution in [0.25, 0.3) is 0 Å². The molecule has 1 aromatic heterocycles. The summed E-state index contributed by atoms with van der Waals surface area (Å²) in [4.78, 5) is 0. The summed E-state index contributed by atoms with van der Waals surface area (Å²) in [5.41, 5.74) is 9.31. The minimum atomic E-state index is 0.0919. The Bertz CT molecular complexity index is 319. The molecule has 0 bridgehead atoms. The second kappa shape index (κ2) is 5.21. The Balaban J connectivity index is 2.98. The minimum absolute atomic E-state index is 0.0919. The van der Waals surface area contributed by atoms with Crippen LogP contribution in [0.3, 0.4) is 0 Å². The van der Waals surface area contributed by atoms with Gasteiger partial charge in [0.15, 0.2) is 0 Å². The van der Waals surface area contributed by atoms with Gasteiger partial charge in [-0.15, -0.1) is 0 Å². The molecule has 0 aliphatic heterocycles. The zero-order valence-corrected chi connectivity index (χ0v) is 10.1. The molecule has 0 spiro atoms. The molecule has 1 unspecified atom stereocenters. The molecule has 0 aromatic carbocycles. The standard InChI is InChI=1S/C12H21N3/c1-5-10(6-2)12(13)11-7-8(3)14-15-9(11)4/h7,10,12H,5-6,13H2,1-4H3. The number of hydrogen-bond acceptors (Lipinski definition) is 3. The number of aryl methyl sites for hydroxylation is 2. The largest absolute Gasteiger partial charge is 0.324 e. The van der Waals surface area contributed by atoms with E-state index in [1.54, 1.807) is 0 Å². The molecule has 0 aliphatic rings. The maximum atomic E-state index is 6.26. The fraction of sp³-hybridized carbons (Fsp3) is 0.667. The second-order valence-electron chi connectivity index (χ2n) is 4.13. The smallest absolute Gasteiger partial charge is 0.0648 e. The molecule has 0 fully saturated rings. The SMILES string of the molecule is CCC(CC)C(N)c1cc(C)nnc1C.